The number of aryl methyl sites for hydroxylation is 1. The molecule has 1 aromatic carbocycles. The molecule has 0 bridgehead atoms. The van der Waals surface area contributed by atoms with Crippen LogP contribution in [0.2, 0.25) is 0 Å². The van der Waals surface area contributed by atoms with Crippen molar-refractivity contribution in [2.24, 2.45) is 0 Å². The summed E-state index contributed by atoms with van der Waals surface area (Å²) in [7, 11) is 0. The SMILES string of the molecule is CCOC(=O)C(C)(Nc1cccc(C)c1)c1nccs1. The first-order chi connectivity index (χ1) is 9.56. The molecule has 0 radical (unpaired) electrons. The van der Waals surface area contributed by atoms with E-state index in [-0.39, 0.29) is 5.97 Å². The lowest BCUT2D eigenvalue weighted by Crippen LogP contribution is -2.42. The van der Waals surface area contributed by atoms with Crippen molar-refractivity contribution < 1.29 is 9.53 Å². The Morgan fingerprint density at radius 1 is 1.50 bits per heavy atom. The molecule has 5 heteroatoms. The Kier molecular flexibility index (Phi) is 4.39. The molecular weight excluding hydrogens is 272 g/mol. The number of anilines is 1. The molecule has 106 valence electrons. The van der Waals surface area contributed by atoms with Crippen molar-refractivity contribution >= 4 is 23.0 Å². The van der Waals surface area contributed by atoms with E-state index in [1.807, 2.05) is 36.6 Å². The van der Waals surface area contributed by atoms with Crippen LogP contribution in [-0.4, -0.2) is 17.6 Å². The summed E-state index contributed by atoms with van der Waals surface area (Å²) in [4.78, 5) is 16.6. The van der Waals surface area contributed by atoms with Gasteiger partial charge in [0.2, 0.25) is 0 Å². The topological polar surface area (TPSA) is 51.2 Å². The van der Waals surface area contributed by atoms with Gasteiger partial charge in [0, 0.05) is 17.3 Å². The van der Waals surface area contributed by atoms with Crippen LogP contribution >= 0.6 is 11.3 Å². The molecule has 2 aromatic rings. The van der Waals surface area contributed by atoms with Gasteiger partial charge in [-0.3, -0.25) is 0 Å². The second-order valence-corrected chi connectivity index (χ2v) is 5.57. The minimum absolute atomic E-state index is 0.323. The minimum Gasteiger partial charge on any atom is -0.464 e. The third kappa shape index (κ3) is 2.99. The van der Waals surface area contributed by atoms with Crippen LogP contribution in [0.3, 0.4) is 0 Å². The number of rotatable bonds is 5. The molecule has 0 saturated heterocycles. The number of aromatic nitrogens is 1. The molecule has 20 heavy (non-hydrogen) atoms. The number of carbonyl (C=O) groups is 1. The molecule has 1 atom stereocenters. The van der Waals surface area contributed by atoms with E-state index in [2.05, 4.69) is 10.3 Å². The van der Waals surface area contributed by atoms with Crippen molar-refractivity contribution in [1.82, 2.24) is 4.98 Å². The van der Waals surface area contributed by atoms with E-state index in [4.69, 9.17) is 4.74 Å². The first-order valence-corrected chi connectivity index (χ1v) is 7.36. The van der Waals surface area contributed by atoms with Crippen molar-refractivity contribution in [2.75, 3.05) is 11.9 Å². The lowest BCUT2D eigenvalue weighted by atomic mass is 10.0. The fraction of sp³-hybridized carbons (Fsp3) is 0.333. The Morgan fingerprint density at radius 3 is 2.90 bits per heavy atom. The van der Waals surface area contributed by atoms with Crippen LogP contribution in [0.4, 0.5) is 5.69 Å². The summed E-state index contributed by atoms with van der Waals surface area (Å²) in [6.07, 6.45) is 1.69. The predicted octanol–water partition coefficient (Wildman–Crippen LogP) is 3.34. The maximum absolute atomic E-state index is 12.3. The Balaban J connectivity index is 2.35. The van der Waals surface area contributed by atoms with Gasteiger partial charge >= 0.3 is 5.97 Å². The first kappa shape index (κ1) is 14.5. The number of hydrogen-bond donors (Lipinski definition) is 1. The van der Waals surface area contributed by atoms with Crippen LogP contribution in [0.25, 0.3) is 0 Å². The van der Waals surface area contributed by atoms with Crippen LogP contribution < -0.4 is 5.32 Å². The normalized spacial score (nSPS) is 13.6. The van der Waals surface area contributed by atoms with Gasteiger partial charge < -0.3 is 10.1 Å². The van der Waals surface area contributed by atoms with E-state index in [1.165, 1.54) is 11.3 Å². The van der Waals surface area contributed by atoms with Gasteiger partial charge in [-0.2, -0.15) is 0 Å². The fourth-order valence-electron chi connectivity index (χ4n) is 1.95. The molecular formula is C15H18N2O2S. The van der Waals surface area contributed by atoms with Crippen molar-refractivity contribution in [1.29, 1.82) is 0 Å². The molecule has 0 amide bonds. The van der Waals surface area contributed by atoms with E-state index in [0.717, 1.165) is 11.3 Å². The monoisotopic (exact) mass is 290 g/mol. The number of nitrogens with one attached hydrogen (secondary N) is 1. The maximum atomic E-state index is 12.3. The quantitative estimate of drug-likeness (QED) is 0.858. The number of thiazole rings is 1. The maximum Gasteiger partial charge on any atom is 0.338 e. The zero-order valence-electron chi connectivity index (χ0n) is 11.8. The lowest BCUT2D eigenvalue weighted by Gasteiger charge is -2.27. The molecule has 0 saturated carbocycles. The van der Waals surface area contributed by atoms with Gasteiger partial charge in [-0.05, 0) is 38.5 Å². The van der Waals surface area contributed by atoms with Crippen LogP contribution in [0.5, 0.6) is 0 Å². The molecule has 1 aromatic heterocycles. The van der Waals surface area contributed by atoms with Crippen molar-refractivity contribution in [3.8, 4) is 0 Å². The fourth-order valence-corrected chi connectivity index (χ4v) is 2.69. The molecule has 0 aliphatic heterocycles. The third-order valence-electron chi connectivity index (χ3n) is 2.96. The third-order valence-corrected chi connectivity index (χ3v) is 3.95. The molecule has 2 rings (SSSR count). The highest BCUT2D eigenvalue weighted by Crippen LogP contribution is 2.29. The second kappa shape index (κ2) is 6.05. The summed E-state index contributed by atoms with van der Waals surface area (Å²) in [5.74, 6) is -0.323. The summed E-state index contributed by atoms with van der Waals surface area (Å²) < 4.78 is 5.20. The van der Waals surface area contributed by atoms with E-state index >= 15 is 0 Å². The smallest absolute Gasteiger partial charge is 0.338 e. The number of benzene rings is 1. The van der Waals surface area contributed by atoms with E-state index in [0.29, 0.717) is 11.6 Å². The van der Waals surface area contributed by atoms with Crippen LogP contribution in [0.15, 0.2) is 35.8 Å². The van der Waals surface area contributed by atoms with E-state index in [9.17, 15) is 4.79 Å². The van der Waals surface area contributed by atoms with Crippen molar-refractivity contribution in [2.45, 2.75) is 26.3 Å². The standard InChI is InChI=1S/C15H18N2O2S/c1-4-19-14(18)15(3,13-16-8-9-20-13)17-12-7-5-6-11(2)10-12/h5-10,17H,4H2,1-3H3. The van der Waals surface area contributed by atoms with Crippen LogP contribution in [0, 0.1) is 6.92 Å². The average molecular weight is 290 g/mol. The van der Waals surface area contributed by atoms with Gasteiger partial charge in [-0.1, -0.05) is 12.1 Å². The highest BCUT2D eigenvalue weighted by Gasteiger charge is 2.39. The number of hydrogen-bond acceptors (Lipinski definition) is 5. The lowest BCUT2D eigenvalue weighted by molar-refractivity contribution is -0.148. The van der Waals surface area contributed by atoms with Gasteiger partial charge in [0.05, 0.1) is 6.61 Å². The van der Waals surface area contributed by atoms with Crippen molar-refractivity contribution in [3.05, 3.63) is 46.4 Å². The molecule has 0 aliphatic carbocycles. The van der Waals surface area contributed by atoms with Crippen LogP contribution in [-0.2, 0) is 15.1 Å². The largest absolute Gasteiger partial charge is 0.464 e. The summed E-state index contributed by atoms with van der Waals surface area (Å²) in [6.45, 7) is 5.95. The van der Waals surface area contributed by atoms with E-state index < -0.39 is 5.54 Å². The van der Waals surface area contributed by atoms with Crippen LogP contribution in [0.1, 0.15) is 24.4 Å². The Morgan fingerprint density at radius 2 is 2.30 bits per heavy atom. The second-order valence-electron chi connectivity index (χ2n) is 4.68. The molecule has 1 N–H and O–H groups in total. The summed E-state index contributed by atoms with van der Waals surface area (Å²) >= 11 is 1.43. The molecule has 4 nitrogen and oxygen atoms in total. The van der Waals surface area contributed by atoms with Crippen molar-refractivity contribution in [3.63, 3.8) is 0 Å². The van der Waals surface area contributed by atoms with Gasteiger partial charge in [-0.15, -0.1) is 11.3 Å². The summed E-state index contributed by atoms with van der Waals surface area (Å²) in [6, 6.07) is 7.88. The molecule has 0 spiro atoms. The number of carbonyl (C=O) groups excluding carboxylic acids is 1. The number of esters is 1. The van der Waals surface area contributed by atoms with E-state index in [1.54, 1.807) is 20.0 Å². The highest BCUT2D eigenvalue weighted by molar-refractivity contribution is 7.09. The predicted molar refractivity (Wildman–Crippen MR) is 80.9 cm³/mol. The zero-order chi connectivity index (χ0) is 14.6. The zero-order valence-corrected chi connectivity index (χ0v) is 12.7. The number of nitrogens with zero attached hydrogens (tertiary/aromatic N) is 1. The van der Waals surface area contributed by atoms with Gasteiger partial charge in [0.25, 0.3) is 0 Å². The summed E-state index contributed by atoms with van der Waals surface area (Å²) in [5, 5.41) is 5.80. The molecule has 0 aliphatic rings. The Hall–Kier alpha value is -1.88. The molecule has 1 heterocycles. The van der Waals surface area contributed by atoms with Gasteiger partial charge in [0.1, 0.15) is 5.01 Å². The minimum atomic E-state index is -0.974. The van der Waals surface area contributed by atoms with Gasteiger partial charge in [-0.25, -0.2) is 9.78 Å². The first-order valence-electron chi connectivity index (χ1n) is 6.48. The molecule has 1 unspecified atom stereocenters. The Labute approximate surface area is 122 Å². The Bertz CT molecular complexity index is 583. The number of ether oxygens (including phenoxy) is 1. The summed E-state index contributed by atoms with van der Waals surface area (Å²) in [5.41, 5.74) is 1.02. The van der Waals surface area contributed by atoms with Gasteiger partial charge in [0.15, 0.2) is 5.54 Å². The average Bonchev–Trinajstić information content (AvgIpc) is 2.93. The molecule has 0 fully saturated rings. The highest BCUT2D eigenvalue weighted by atomic mass is 32.1.